The Bertz CT molecular complexity index is 1590. The summed E-state index contributed by atoms with van der Waals surface area (Å²) in [4.78, 5) is 27.2. The number of hydrogen-bond acceptors (Lipinski definition) is 7. The summed E-state index contributed by atoms with van der Waals surface area (Å²) >= 11 is 0. The quantitative estimate of drug-likeness (QED) is 0.460. The molecule has 2 bridgehead atoms. The maximum atomic E-state index is 14.3. The van der Waals surface area contributed by atoms with E-state index in [-0.39, 0.29) is 58.9 Å². The maximum absolute atomic E-state index is 14.3. The molecule has 2 aromatic carbocycles. The Hall–Kier alpha value is -3.32. The van der Waals surface area contributed by atoms with E-state index in [1.54, 1.807) is 24.0 Å². The number of sulfonamides is 2. The Morgan fingerprint density at radius 3 is 2.64 bits per heavy atom. The molecule has 2 N–H and O–H groups in total. The molecular weight excluding hydrogens is 547 g/mol. The van der Waals surface area contributed by atoms with E-state index in [1.807, 2.05) is 0 Å². The van der Waals surface area contributed by atoms with Gasteiger partial charge in [0.1, 0.15) is 22.8 Å². The summed E-state index contributed by atoms with van der Waals surface area (Å²) in [7, 11) is -7.87. The minimum atomic E-state index is -4.24. The number of fused-ring (bicyclic) bond motifs is 3. The van der Waals surface area contributed by atoms with Gasteiger partial charge in [0.15, 0.2) is 0 Å². The smallest absolute Gasteiger partial charge is 0.286 e. The van der Waals surface area contributed by atoms with E-state index >= 15 is 0 Å². The van der Waals surface area contributed by atoms with E-state index in [4.69, 9.17) is 0 Å². The van der Waals surface area contributed by atoms with Gasteiger partial charge in [0.25, 0.3) is 10.0 Å². The Morgan fingerprint density at radius 2 is 1.95 bits per heavy atom. The average Bonchev–Trinajstić information content (AvgIpc) is 3.45. The summed E-state index contributed by atoms with van der Waals surface area (Å²) in [5, 5.41) is 2.88. The maximum Gasteiger partial charge on any atom is 0.286 e. The minimum Gasteiger partial charge on any atom is -0.341 e. The highest BCUT2D eigenvalue weighted by Crippen LogP contribution is 2.50. The number of aryl methyl sites for hydroxylation is 1. The van der Waals surface area contributed by atoms with Crippen molar-refractivity contribution in [1.29, 1.82) is 0 Å². The first-order chi connectivity index (χ1) is 18.3. The van der Waals surface area contributed by atoms with Crippen LogP contribution in [0.1, 0.15) is 36.8 Å². The van der Waals surface area contributed by atoms with Gasteiger partial charge in [0, 0.05) is 24.2 Å². The van der Waals surface area contributed by atoms with Gasteiger partial charge in [-0.25, -0.2) is 12.8 Å². The molecule has 2 unspecified atom stereocenters. The van der Waals surface area contributed by atoms with Crippen molar-refractivity contribution in [2.24, 2.45) is 22.2 Å². The molecule has 5 rings (SSSR count). The van der Waals surface area contributed by atoms with Crippen LogP contribution in [0.15, 0.2) is 45.7 Å². The second-order valence-electron chi connectivity index (χ2n) is 10.5. The van der Waals surface area contributed by atoms with Crippen LogP contribution in [0.3, 0.4) is 0 Å². The molecule has 0 spiro atoms. The molecule has 2 fully saturated rings. The third-order valence-corrected chi connectivity index (χ3v) is 9.71. The number of hydrogen-bond donors (Lipinski definition) is 2. The van der Waals surface area contributed by atoms with Crippen molar-refractivity contribution < 1.29 is 30.8 Å². The van der Waals surface area contributed by atoms with Crippen molar-refractivity contribution in [3.05, 3.63) is 53.3 Å². The second kappa shape index (κ2) is 10.0. The Morgan fingerprint density at radius 1 is 1.21 bits per heavy atom. The second-order valence-corrected chi connectivity index (χ2v) is 13.9. The lowest BCUT2D eigenvalue weighted by Gasteiger charge is -2.38. The topological polar surface area (TPSA) is 142 Å². The molecule has 13 heteroatoms. The van der Waals surface area contributed by atoms with Crippen LogP contribution in [-0.4, -0.2) is 52.1 Å². The van der Waals surface area contributed by atoms with Gasteiger partial charge in [-0.15, -0.1) is 4.40 Å². The molecule has 1 amide bonds. The molecule has 0 aromatic heterocycles. The highest BCUT2D eigenvalue weighted by Gasteiger charge is 2.51. The molecular formula is C26H29FN4O6S2. The van der Waals surface area contributed by atoms with E-state index in [2.05, 4.69) is 14.4 Å². The molecule has 4 atom stereocenters. The Balaban J connectivity index is 1.43. The highest BCUT2D eigenvalue weighted by atomic mass is 32.2. The predicted molar refractivity (Wildman–Crippen MR) is 144 cm³/mol. The zero-order valence-corrected chi connectivity index (χ0v) is 23.1. The number of carbonyl (C=O) groups is 2. The molecule has 2 aliphatic carbocycles. The fourth-order valence-electron chi connectivity index (χ4n) is 6.06. The van der Waals surface area contributed by atoms with Crippen molar-refractivity contribution >= 4 is 49.5 Å². The lowest BCUT2D eigenvalue weighted by molar-refractivity contribution is -0.136. The van der Waals surface area contributed by atoms with Crippen molar-refractivity contribution in [1.82, 2.24) is 4.90 Å². The number of carbonyl (C=O) groups excluding carboxylic acids is 2. The molecule has 39 heavy (non-hydrogen) atoms. The molecule has 1 heterocycles. The van der Waals surface area contributed by atoms with Crippen LogP contribution in [0.2, 0.25) is 0 Å². The van der Waals surface area contributed by atoms with Gasteiger partial charge in [-0.2, -0.15) is 8.42 Å². The number of rotatable bonds is 8. The van der Waals surface area contributed by atoms with Crippen LogP contribution in [0.25, 0.3) is 0 Å². The molecule has 2 aromatic rings. The van der Waals surface area contributed by atoms with Gasteiger partial charge in [0.05, 0.1) is 18.4 Å². The third-order valence-electron chi connectivity index (χ3n) is 7.75. The van der Waals surface area contributed by atoms with Crippen molar-refractivity contribution in [2.75, 3.05) is 16.3 Å². The molecule has 0 saturated heterocycles. The van der Waals surface area contributed by atoms with E-state index < -0.39 is 31.8 Å². The van der Waals surface area contributed by atoms with E-state index in [0.29, 0.717) is 11.1 Å². The van der Waals surface area contributed by atoms with Gasteiger partial charge in [-0.05, 0) is 73.4 Å². The van der Waals surface area contributed by atoms with E-state index in [0.717, 1.165) is 37.9 Å². The van der Waals surface area contributed by atoms with Crippen LogP contribution >= 0.6 is 0 Å². The Labute approximate surface area is 226 Å². The molecule has 2 saturated carbocycles. The highest BCUT2D eigenvalue weighted by molar-refractivity contribution is 7.92. The summed E-state index contributed by atoms with van der Waals surface area (Å²) in [6, 6.07) is 8.33. The van der Waals surface area contributed by atoms with Crippen LogP contribution < -0.4 is 10.0 Å². The van der Waals surface area contributed by atoms with Gasteiger partial charge < -0.3 is 15.0 Å². The SMILES string of the molecule is Cc1ccc(CN(C(=O)CC2=NS(=O)(=O)c3cc(NS(C)(=O)=O)ccc3N2)C2C(C=O)[C@H]3CC[C@@H]2C3)cc1F. The first-order valence-corrected chi connectivity index (χ1v) is 15.9. The van der Waals surface area contributed by atoms with Crippen molar-refractivity contribution in [3.8, 4) is 0 Å². The van der Waals surface area contributed by atoms with Gasteiger partial charge >= 0.3 is 0 Å². The van der Waals surface area contributed by atoms with Gasteiger partial charge in [0.2, 0.25) is 15.9 Å². The summed E-state index contributed by atoms with van der Waals surface area (Å²) < 4.78 is 69.3. The van der Waals surface area contributed by atoms with Crippen LogP contribution in [-0.2, 0) is 36.2 Å². The lowest BCUT2D eigenvalue weighted by atomic mass is 9.84. The predicted octanol–water partition coefficient (Wildman–Crippen LogP) is 3.05. The molecule has 0 radical (unpaired) electrons. The Kier molecular flexibility index (Phi) is 7.00. The van der Waals surface area contributed by atoms with E-state index in [9.17, 15) is 30.8 Å². The lowest BCUT2D eigenvalue weighted by Crippen LogP contribution is -2.48. The number of benzene rings is 2. The van der Waals surface area contributed by atoms with E-state index in [1.165, 1.54) is 18.2 Å². The average molecular weight is 577 g/mol. The first kappa shape index (κ1) is 27.3. The number of nitrogens with zero attached hydrogens (tertiary/aromatic N) is 2. The number of nitrogens with one attached hydrogen (secondary N) is 2. The zero-order chi connectivity index (χ0) is 28.1. The molecule has 3 aliphatic rings. The van der Waals surface area contributed by atoms with Gasteiger partial charge in [-0.1, -0.05) is 12.1 Å². The number of halogens is 1. The van der Waals surface area contributed by atoms with Crippen LogP contribution in [0.4, 0.5) is 15.8 Å². The monoisotopic (exact) mass is 576 g/mol. The summed E-state index contributed by atoms with van der Waals surface area (Å²) in [6.45, 7) is 1.72. The fraction of sp³-hybridized carbons (Fsp3) is 0.423. The standard InChI is InChI=1S/C26H29FN4O6S2/c1-15-3-4-16(9-21(15)27)13-31(26-18-6-5-17(10-18)20(26)14-32)25(33)12-24-28-22-8-7-19(29-38(2,34)35)11-23(22)39(36,37)30-24/h3-4,7-9,11,14,17-18,20,26,29H,5-6,10,12-13H2,1-2H3,(H,28,30)/t17-,18+,20?,26?/m0/s1. The zero-order valence-electron chi connectivity index (χ0n) is 21.4. The minimum absolute atomic E-state index is 0.0593. The van der Waals surface area contributed by atoms with Crippen molar-refractivity contribution in [3.63, 3.8) is 0 Å². The number of amidine groups is 1. The largest absolute Gasteiger partial charge is 0.341 e. The van der Waals surface area contributed by atoms with Crippen molar-refractivity contribution in [2.45, 2.75) is 50.1 Å². The molecule has 10 nitrogen and oxygen atoms in total. The summed E-state index contributed by atoms with van der Waals surface area (Å²) in [6.07, 6.45) is 4.12. The normalized spacial score (nSPS) is 24.8. The summed E-state index contributed by atoms with van der Waals surface area (Å²) in [5.41, 5.74) is 1.26. The first-order valence-electron chi connectivity index (χ1n) is 12.6. The van der Waals surface area contributed by atoms with Gasteiger partial charge in [-0.3, -0.25) is 9.52 Å². The molecule has 1 aliphatic heterocycles. The third kappa shape index (κ3) is 5.55. The number of aldehydes is 1. The summed E-state index contributed by atoms with van der Waals surface area (Å²) in [5.74, 6) is -0.937. The van der Waals surface area contributed by atoms with Crippen LogP contribution in [0.5, 0.6) is 0 Å². The molecule has 208 valence electrons. The van der Waals surface area contributed by atoms with Crippen LogP contribution in [0, 0.1) is 30.5 Å². The number of amides is 1. The fourth-order valence-corrected chi connectivity index (χ4v) is 7.79. The number of anilines is 2.